The Bertz CT molecular complexity index is 956. The predicted octanol–water partition coefficient (Wildman–Crippen LogP) is 5.64. The highest BCUT2D eigenvalue weighted by Gasteiger charge is 2.09. The molecule has 124 valence electrons. The molecule has 4 rings (SSSR count). The number of ether oxygens (including phenoxy) is 1. The lowest BCUT2D eigenvalue weighted by Gasteiger charge is -2.11. The van der Waals surface area contributed by atoms with Crippen LogP contribution in [0.2, 0.25) is 0 Å². The molecule has 0 unspecified atom stereocenters. The molecule has 3 heteroatoms. The van der Waals surface area contributed by atoms with E-state index in [1.807, 2.05) is 42.5 Å². The topological polar surface area (TPSA) is 29.5 Å². The van der Waals surface area contributed by atoms with E-state index >= 15 is 0 Å². The molecule has 3 aromatic carbocycles. The van der Waals surface area contributed by atoms with E-state index in [1.165, 1.54) is 15.0 Å². The standard InChI is InChI=1S/C22H18O2S/c23-14-19-12-18(22-13-17-8-4-5-9-21(17)25-22)10-11-20(19)24-15-16-6-2-1-3-7-16/h1-13,23H,14-15H2. The average molecular weight is 346 g/mol. The average Bonchev–Trinajstić information content (AvgIpc) is 3.11. The molecule has 0 amide bonds. The van der Waals surface area contributed by atoms with Gasteiger partial charge in [0.15, 0.2) is 0 Å². The van der Waals surface area contributed by atoms with Gasteiger partial charge in [-0.25, -0.2) is 0 Å². The van der Waals surface area contributed by atoms with Gasteiger partial charge in [-0.05, 0) is 46.8 Å². The van der Waals surface area contributed by atoms with Gasteiger partial charge in [-0.1, -0.05) is 48.5 Å². The van der Waals surface area contributed by atoms with Gasteiger partial charge in [0.1, 0.15) is 12.4 Å². The minimum absolute atomic E-state index is 0.0388. The molecule has 0 aliphatic carbocycles. The Labute approximate surface area is 151 Å². The number of aliphatic hydroxyl groups excluding tert-OH is 1. The van der Waals surface area contributed by atoms with Crippen LogP contribution in [0, 0.1) is 0 Å². The first-order valence-electron chi connectivity index (χ1n) is 8.23. The second kappa shape index (κ2) is 7.09. The summed E-state index contributed by atoms with van der Waals surface area (Å²) in [6.07, 6.45) is 0. The normalized spacial score (nSPS) is 10.9. The molecule has 25 heavy (non-hydrogen) atoms. The Balaban J connectivity index is 1.60. The van der Waals surface area contributed by atoms with Crippen LogP contribution in [-0.4, -0.2) is 5.11 Å². The fraction of sp³-hybridized carbons (Fsp3) is 0.0909. The first-order valence-corrected chi connectivity index (χ1v) is 9.04. The highest BCUT2D eigenvalue weighted by Crippen LogP contribution is 2.35. The van der Waals surface area contributed by atoms with Gasteiger partial charge in [0.05, 0.1) is 6.61 Å². The number of hydrogen-bond donors (Lipinski definition) is 1. The summed E-state index contributed by atoms with van der Waals surface area (Å²) in [7, 11) is 0. The largest absolute Gasteiger partial charge is 0.489 e. The molecule has 0 aliphatic heterocycles. The lowest BCUT2D eigenvalue weighted by molar-refractivity contribution is 0.259. The van der Waals surface area contributed by atoms with Crippen molar-refractivity contribution in [1.82, 2.24) is 0 Å². The third-order valence-corrected chi connectivity index (χ3v) is 5.34. The number of benzene rings is 3. The van der Waals surface area contributed by atoms with Gasteiger partial charge in [0, 0.05) is 15.1 Å². The molecular weight excluding hydrogens is 328 g/mol. The summed E-state index contributed by atoms with van der Waals surface area (Å²) in [5.74, 6) is 0.733. The number of thiophene rings is 1. The number of fused-ring (bicyclic) bond motifs is 1. The summed E-state index contributed by atoms with van der Waals surface area (Å²) in [6, 6.07) is 26.6. The first kappa shape index (κ1) is 15.9. The molecule has 0 saturated carbocycles. The minimum atomic E-state index is -0.0388. The highest BCUT2D eigenvalue weighted by atomic mass is 32.1. The van der Waals surface area contributed by atoms with E-state index in [2.05, 4.69) is 36.4 Å². The van der Waals surface area contributed by atoms with Gasteiger partial charge >= 0.3 is 0 Å². The van der Waals surface area contributed by atoms with Crippen LogP contribution in [0.1, 0.15) is 11.1 Å². The first-order chi connectivity index (χ1) is 12.3. The van der Waals surface area contributed by atoms with Crippen LogP contribution >= 0.6 is 11.3 Å². The van der Waals surface area contributed by atoms with Gasteiger partial charge < -0.3 is 9.84 Å². The Hall–Kier alpha value is -2.62. The molecule has 0 spiro atoms. The van der Waals surface area contributed by atoms with E-state index in [4.69, 9.17) is 4.74 Å². The van der Waals surface area contributed by atoms with Crippen molar-refractivity contribution in [3.8, 4) is 16.2 Å². The summed E-state index contributed by atoms with van der Waals surface area (Å²) >= 11 is 1.76. The lowest BCUT2D eigenvalue weighted by atomic mass is 10.1. The van der Waals surface area contributed by atoms with Crippen molar-refractivity contribution in [2.45, 2.75) is 13.2 Å². The van der Waals surface area contributed by atoms with Crippen LogP contribution < -0.4 is 4.74 Å². The fourth-order valence-corrected chi connectivity index (χ4v) is 3.92. The fourth-order valence-electron chi connectivity index (χ4n) is 2.86. The van der Waals surface area contributed by atoms with Gasteiger partial charge in [-0.2, -0.15) is 0 Å². The van der Waals surface area contributed by atoms with Crippen molar-refractivity contribution in [3.63, 3.8) is 0 Å². The Morgan fingerprint density at radius 1 is 0.840 bits per heavy atom. The molecule has 0 atom stereocenters. The van der Waals surface area contributed by atoms with Crippen molar-refractivity contribution in [1.29, 1.82) is 0 Å². The van der Waals surface area contributed by atoms with E-state index in [0.717, 1.165) is 22.4 Å². The third-order valence-electron chi connectivity index (χ3n) is 4.18. The van der Waals surface area contributed by atoms with E-state index in [1.54, 1.807) is 11.3 Å². The maximum absolute atomic E-state index is 9.75. The number of rotatable bonds is 5. The predicted molar refractivity (Wildman–Crippen MR) is 104 cm³/mol. The van der Waals surface area contributed by atoms with Crippen molar-refractivity contribution < 1.29 is 9.84 Å². The zero-order valence-corrected chi connectivity index (χ0v) is 14.5. The third kappa shape index (κ3) is 3.43. The SMILES string of the molecule is OCc1cc(-c2cc3ccccc3s2)ccc1OCc1ccccc1. The van der Waals surface area contributed by atoms with Crippen molar-refractivity contribution in [3.05, 3.63) is 90.0 Å². The number of hydrogen-bond acceptors (Lipinski definition) is 3. The van der Waals surface area contributed by atoms with Crippen molar-refractivity contribution in [2.24, 2.45) is 0 Å². The Morgan fingerprint density at radius 3 is 2.44 bits per heavy atom. The molecular formula is C22H18O2S. The summed E-state index contributed by atoms with van der Waals surface area (Å²) in [6.45, 7) is 0.457. The van der Waals surface area contributed by atoms with Crippen LogP contribution in [0.15, 0.2) is 78.9 Å². The molecule has 4 aromatic rings. The molecule has 1 heterocycles. The zero-order valence-electron chi connectivity index (χ0n) is 13.7. The van der Waals surface area contributed by atoms with Crippen LogP contribution in [0.3, 0.4) is 0 Å². The second-order valence-electron chi connectivity index (χ2n) is 5.90. The monoisotopic (exact) mass is 346 g/mol. The molecule has 1 aromatic heterocycles. The van der Waals surface area contributed by atoms with Crippen LogP contribution in [0.4, 0.5) is 0 Å². The van der Waals surface area contributed by atoms with Gasteiger partial charge in [-0.3, -0.25) is 0 Å². The van der Waals surface area contributed by atoms with E-state index in [0.29, 0.717) is 6.61 Å². The van der Waals surface area contributed by atoms with E-state index in [-0.39, 0.29) is 6.61 Å². The Morgan fingerprint density at radius 2 is 1.64 bits per heavy atom. The summed E-state index contributed by atoms with van der Waals surface area (Å²) < 4.78 is 7.18. The minimum Gasteiger partial charge on any atom is -0.489 e. The zero-order chi connectivity index (χ0) is 17.1. The summed E-state index contributed by atoms with van der Waals surface area (Å²) in [5.41, 5.74) is 3.03. The molecule has 0 bridgehead atoms. The Kier molecular flexibility index (Phi) is 4.51. The van der Waals surface area contributed by atoms with E-state index < -0.39 is 0 Å². The molecule has 0 saturated heterocycles. The highest BCUT2D eigenvalue weighted by molar-refractivity contribution is 7.22. The molecule has 1 N–H and O–H groups in total. The van der Waals surface area contributed by atoms with Crippen LogP contribution in [-0.2, 0) is 13.2 Å². The van der Waals surface area contributed by atoms with E-state index in [9.17, 15) is 5.11 Å². The van der Waals surface area contributed by atoms with Gasteiger partial charge in [0.25, 0.3) is 0 Å². The second-order valence-corrected chi connectivity index (χ2v) is 6.99. The van der Waals surface area contributed by atoms with Crippen LogP contribution in [0.25, 0.3) is 20.5 Å². The number of aliphatic hydroxyl groups is 1. The maximum Gasteiger partial charge on any atom is 0.125 e. The summed E-state index contributed by atoms with van der Waals surface area (Å²) in [5, 5.41) is 11.0. The quantitative estimate of drug-likeness (QED) is 0.507. The lowest BCUT2D eigenvalue weighted by Crippen LogP contribution is -1.98. The van der Waals surface area contributed by atoms with Crippen molar-refractivity contribution in [2.75, 3.05) is 0 Å². The molecule has 2 nitrogen and oxygen atoms in total. The molecule has 0 aliphatic rings. The van der Waals surface area contributed by atoms with Gasteiger partial charge in [0.2, 0.25) is 0 Å². The maximum atomic E-state index is 9.75. The smallest absolute Gasteiger partial charge is 0.125 e. The van der Waals surface area contributed by atoms with Crippen molar-refractivity contribution >= 4 is 21.4 Å². The van der Waals surface area contributed by atoms with Crippen LogP contribution in [0.5, 0.6) is 5.75 Å². The molecule has 0 radical (unpaired) electrons. The van der Waals surface area contributed by atoms with Gasteiger partial charge in [-0.15, -0.1) is 11.3 Å². The summed E-state index contributed by atoms with van der Waals surface area (Å²) in [4.78, 5) is 1.20. The molecule has 0 fully saturated rings.